The Hall–Kier alpha value is -0.980. The third-order valence-electron chi connectivity index (χ3n) is 1.43. The standard InChI is InChI=1S/C11H18O/c1-10(2)6-5-7-11(3)8-9-12-4/h6-9H,5H2,1-4H3/b9-8+,11-7?. The number of hydrogen-bond donors (Lipinski definition) is 0. The van der Waals surface area contributed by atoms with E-state index in [1.165, 1.54) is 11.1 Å². The van der Waals surface area contributed by atoms with E-state index >= 15 is 0 Å². The minimum Gasteiger partial charge on any atom is -0.504 e. The molecule has 0 atom stereocenters. The molecule has 0 rings (SSSR count). The minimum atomic E-state index is 1.00. The number of rotatable bonds is 4. The lowest BCUT2D eigenvalue weighted by Crippen LogP contribution is -1.71. The molecule has 0 N–H and O–H groups in total. The van der Waals surface area contributed by atoms with Gasteiger partial charge in [-0.3, -0.25) is 0 Å². The molecule has 1 heteroatoms. The summed E-state index contributed by atoms with van der Waals surface area (Å²) < 4.78 is 4.80. The van der Waals surface area contributed by atoms with Gasteiger partial charge in [-0.2, -0.15) is 0 Å². The van der Waals surface area contributed by atoms with Gasteiger partial charge in [0.25, 0.3) is 0 Å². The summed E-state index contributed by atoms with van der Waals surface area (Å²) in [5.41, 5.74) is 2.59. The molecule has 0 aromatic carbocycles. The summed E-state index contributed by atoms with van der Waals surface area (Å²) in [5, 5.41) is 0. The molecular formula is C11H18O. The topological polar surface area (TPSA) is 9.23 Å². The maximum atomic E-state index is 4.80. The third-order valence-corrected chi connectivity index (χ3v) is 1.43. The Morgan fingerprint density at radius 2 is 1.83 bits per heavy atom. The molecule has 12 heavy (non-hydrogen) atoms. The summed E-state index contributed by atoms with van der Waals surface area (Å²) in [5.74, 6) is 0. The van der Waals surface area contributed by atoms with E-state index in [4.69, 9.17) is 4.74 Å². The van der Waals surface area contributed by atoms with Crippen molar-refractivity contribution in [3.63, 3.8) is 0 Å². The smallest absolute Gasteiger partial charge is 0.0827 e. The van der Waals surface area contributed by atoms with E-state index in [0.29, 0.717) is 0 Å². The first-order valence-corrected chi connectivity index (χ1v) is 4.16. The van der Waals surface area contributed by atoms with Crippen LogP contribution in [0.1, 0.15) is 27.2 Å². The molecule has 1 nitrogen and oxygen atoms in total. The number of hydrogen-bond acceptors (Lipinski definition) is 1. The Balaban J connectivity index is 3.85. The highest BCUT2D eigenvalue weighted by atomic mass is 16.5. The Morgan fingerprint density at radius 1 is 1.17 bits per heavy atom. The van der Waals surface area contributed by atoms with Crippen LogP contribution in [0.5, 0.6) is 0 Å². The predicted octanol–water partition coefficient (Wildman–Crippen LogP) is 3.45. The average Bonchev–Trinajstić information content (AvgIpc) is 2.00. The van der Waals surface area contributed by atoms with Gasteiger partial charge >= 0.3 is 0 Å². The van der Waals surface area contributed by atoms with Crippen LogP contribution >= 0.6 is 0 Å². The lowest BCUT2D eigenvalue weighted by molar-refractivity contribution is 0.338. The van der Waals surface area contributed by atoms with Crippen molar-refractivity contribution in [1.82, 2.24) is 0 Å². The number of allylic oxidation sites excluding steroid dienone is 5. The van der Waals surface area contributed by atoms with E-state index in [1.54, 1.807) is 13.4 Å². The molecular weight excluding hydrogens is 148 g/mol. The Kier molecular flexibility index (Phi) is 6.16. The lowest BCUT2D eigenvalue weighted by atomic mass is 10.2. The molecule has 0 aromatic heterocycles. The van der Waals surface area contributed by atoms with Crippen molar-refractivity contribution < 1.29 is 4.74 Å². The van der Waals surface area contributed by atoms with Gasteiger partial charge in [0.05, 0.1) is 13.4 Å². The van der Waals surface area contributed by atoms with Crippen LogP contribution in [0.4, 0.5) is 0 Å². The average molecular weight is 166 g/mol. The van der Waals surface area contributed by atoms with Crippen molar-refractivity contribution >= 4 is 0 Å². The molecule has 0 bridgehead atoms. The van der Waals surface area contributed by atoms with Gasteiger partial charge in [-0.1, -0.05) is 23.3 Å². The van der Waals surface area contributed by atoms with Crippen molar-refractivity contribution in [2.75, 3.05) is 7.11 Å². The van der Waals surface area contributed by atoms with Crippen molar-refractivity contribution in [3.8, 4) is 0 Å². The van der Waals surface area contributed by atoms with E-state index < -0.39 is 0 Å². The van der Waals surface area contributed by atoms with Gasteiger partial charge in [-0.25, -0.2) is 0 Å². The quantitative estimate of drug-likeness (QED) is 0.353. The summed E-state index contributed by atoms with van der Waals surface area (Å²) in [6.45, 7) is 6.27. The van der Waals surface area contributed by atoms with Gasteiger partial charge in [0.15, 0.2) is 0 Å². The van der Waals surface area contributed by atoms with Crippen LogP contribution in [0.3, 0.4) is 0 Å². The second kappa shape index (κ2) is 6.71. The molecule has 0 saturated heterocycles. The van der Waals surface area contributed by atoms with Crippen molar-refractivity contribution in [2.45, 2.75) is 27.2 Å². The van der Waals surface area contributed by atoms with E-state index in [1.807, 2.05) is 6.08 Å². The zero-order valence-corrected chi connectivity index (χ0v) is 8.42. The van der Waals surface area contributed by atoms with Crippen molar-refractivity contribution in [3.05, 3.63) is 35.6 Å². The van der Waals surface area contributed by atoms with Gasteiger partial charge in [-0.15, -0.1) is 0 Å². The second-order valence-corrected chi connectivity index (χ2v) is 3.00. The fourth-order valence-corrected chi connectivity index (χ4v) is 0.724. The summed E-state index contributed by atoms with van der Waals surface area (Å²) in [6, 6.07) is 0. The first-order chi connectivity index (χ1) is 5.66. The zero-order chi connectivity index (χ0) is 9.40. The molecule has 0 aliphatic rings. The monoisotopic (exact) mass is 166 g/mol. The summed E-state index contributed by atoms with van der Waals surface area (Å²) in [7, 11) is 1.65. The molecule has 0 saturated carbocycles. The van der Waals surface area contributed by atoms with Crippen LogP contribution in [0.2, 0.25) is 0 Å². The largest absolute Gasteiger partial charge is 0.504 e. The summed E-state index contributed by atoms with van der Waals surface area (Å²) >= 11 is 0. The maximum absolute atomic E-state index is 4.80. The Morgan fingerprint density at radius 3 is 2.33 bits per heavy atom. The number of methoxy groups -OCH3 is 1. The van der Waals surface area contributed by atoms with E-state index in [9.17, 15) is 0 Å². The van der Waals surface area contributed by atoms with Crippen molar-refractivity contribution in [1.29, 1.82) is 0 Å². The minimum absolute atomic E-state index is 1.00. The van der Waals surface area contributed by atoms with E-state index in [-0.39, 0.29) is 0 Å². The highest BCUT2D eigenvalue weighted by molar-refractivity contribution is 5.16. The van der Waals surface area contributed by atoms with Crippen LogP contribution in [-0.4, -0.2) is 7.11 Å². The fraction of sp³-hybridized carbons (Fsp3) is 0.455. The van der Waals surface area contributed by atoms with Crippen LogP contribution in [0, 0.1) is 0 Å². The molecule has 0 heterocycles. The summed E-state index contributed by atoms with van der Waals surface area (Å²) in [4.78, 5) is 0. The first-order valence-electron chi connectivity index (χ1n) is 4.16. The SMILES string of the molecule is CO/C=C/C(C)=CCC=C(C)C. The van der Waals surface area contributed by atoms with E-state index in [2.05, 4.69) is 32.9 Å². The molecule has 0 spiro atoms. The van der Waals surface area contributed by atoms with Gasteiger partial charge in [0.1, 0.15) is 0 Å². The van der Waals surface area contributed by atoms with E-state index in [0.717, 1.165) is 6.42 Å². The second-order valence-electron chi connectivity index (χ2n) is 3.00. The molecule has 0 aromatic rings. The van der Waals surface area contributed by atoms with Crippen LogP contribution in [0.25, 0.3) is 0 Å². The first kappa shape index (κ1) is 11.0. The molecule has 0 aliphatic carbocycles. The maximum Gasteiger partial charge on any atom is 0.0827 e. The van der Waals surface area contributed by atoms with Crippen LogP contribution in [0.15, 0.2) is 35.6 Å². The summed E-state index contributed by atoms with van der Waals surface area (Å²) in [6.07, 6.45) is 9.02. The molecule has 0 unspecified atom stereocenters. The third kappa shape index (κ3) is 7.13. The Bertz CT molecular complexity index is 193. The number of ether oxygens (including phenoxy) is 1. The van der Waals surface area contributed by atoms with Crippen molar-refractivity contribution in [2.24, 2.45) is 0 Å². The molecule has 68 valence electrons. The van der Waals surface area contributed by atoms with Gasteiger partial charge in [0, 0.05) is 0 Å². The normalized spacial score (nSPS) is 11.8. The van der Waals surface area contributed by atoms with Crippen LogP contribution < -0.4 is 0 Å². The molecule has 0 fully saturated rings. The highest BCUT2D eigenvalue weighted by Gasteiger charge is 1.80. The Labute approximate surface area is 75.4 Å². The fourth-order valence-electron chi connectivity index (χ4n) is 0.724. The lowest BCUT2D eigenvalue weighted by Gasteiger charge is -1.91. The zero-order valence-electron chi connectivity index (χ0n) is 8.42. The highest BCUT2D eigenvalue weighted by Crippen LogP contribution is 2.00. The molecule has 0 aliphatic heterocycles. The predicted molar refractivity (Wildman–Crippen MR) is 54.0 cm³/mol. The van der Waals surface area contributed by atoms with Gasteiger partial charge in [0.2, 0.25) is 0 Å². The van der Waals surface area contributed by atoms with Gasteiger partial charge < -0.3 is 4.74 Å². The van der Waals surface area contributed by atoms with Crippen LogP contribution in [-0.2, 0) is 4.74 Å². The molecule has 0 radical (unpaired) electrons. The molecule has 0 amide bonds. The van der Waals surface area contributed by atoms with Gasteiger partial charge in [-0.05, 0) is 33.3 Å².